The zero-order valence-corrected chi connectivity index (χ0v) is 19.9. The molecule has 2 aliphatic heterocycles. The van der Waals surface area contributed by atoms with E-state index in [9.17, 15) is 0 Å². The third-order valence-electron chi connectivity index (χ3n) is 6.56. The van der Waals surface area contributed by atoms with E-state index in [1.54, 1.807) is 13.3 Å². The fourth-order valence-electron chi connectivity index (χ4n) is 4.55. The Hall–Kier alpha value is -3.30. The maximum atomic E-state index is 5.21. The van der Waals surface area contributed by atoms with Crippen molar-refractivity contribution in [3.63, 3.8) is 0 Å². The molecule has 1 fully saturated rings. The maximum absolute atomic E-state index is 5.21. The van der Waals surface area contributed by atoms with Gasteiger partial charge in [-0.3, -0.25) is 19.3 Å². The van der Waals surface area contributed by atoms with Crippen molar-refractivity contribution in [3.05, 3.63) is 61.0 Å². The average Bonchev–Trinajstić information content (AvgIpc) is 3.56. The van der Waals surface area contributed by atoms with Gasteiger partial charge in [-0.1, -0.05) is 0 Å². The average molecular weight is 461 g/mol. The van der Waals surface area contributed by atoms with Crippen LogP contribution in [0.1, 0.15) is 31.4 Å². The molecule has 3 aromatic heterocycles. The van der Waals surface area contributed by atoms with Crippen molar-refractivity contribution in [3.8, 4) is 11.3 Å². The van der Waals surface area contributed by atoms with Crippen LogP contribution in [0, 0.1) is 0 Å². The van der Waals surface area contributed by atoms with Crippen LogP contribution in [0.3, 0.4) is 0 Å². The monoisotopic (exact) mass is 460 g/mol. The van der Waals surface area contributed by atoms with Crippen LogP contribution in [0.25, 0.3) is 11.3 Å². The quantitative estimate of drug-likeness (QED) is 0.514. The van der Waals surface area contributed by atoms with E-state index in [-0.39, 0.29) is 0 Å². The van der Waals surface area contributed by atoms with Crippen LogP contribution < -0.4 is 4.90 Å². The smallest absolute Gasteiger partial charge is 0.115 e. The summed E-state index contributed by atoms with van der Waals surface area (Å²) in [6.07, 6.45) is 16.2. The van der Waals surface area contributed by atoms with Crippen LogP contribution in [-0.4, -0.2) is 75.2 Å². The minimum Gasteiger partial charge on any atom is -0.383 e. The van der Waals surface area contributed by atoms with Crippen LogP contribution in [0.4, 0.5) is 5.69 Å². The molecule has 178 valence electrons. The van der Waals surface area contributed by atoms with Gasteiger partial charge in [-0.25, -0.2) is 0 Å². The Morgan fingerprint density at radius 2 is 2.03 bits per heavy atom. The second-order valence-corrected chi connectivity index (χ2v) is 8.70. The van der Waals surface area contributed by atoms with Crippen molar-refractivity contribution < 1.29 is 4.74 Å². The Labute approximate surface area is 200 Å². The lowest BCUT2D eigenvalue weighted by Crippen LogP contribution is -2.36. The summed E-state index contributed by atoms with van der Waals surface area (Å²) < 4.78 is 9.29. The highest BCUT2D eigenvalue weighted by Crippen LogP contribution is 2.27. The fourth-order valence-corrected chi connectivity index (χ4v) is 4.55. The first kappa shape index (κ1) is 22.5. The number of allylic oxidation sites excluding steroid dienone is 1. The molecule has 0 saturated carbocycles. The first-order valence-electron chi connectivity index (χ1n) is 12.0. The molecule has 0 N–H and O–H groups in total. The number of aryl methyl sites for hydroxylation is 1. The van der Waals surface area contributed by atoms with E-state index < -0.39 is 0 Å². The first-order chi connectivity index (χ1) is 16.7. The van der Waals surface area contributed by atoms with Crippen molar-refractivity contribution in [1.82, 2.24) is 29.4 Å². The van der Waals surface area contributed by atoms with Gasteiger partial charge in [0, 0.05) is 75.4 Å². The predicted molar refractivity (Wildman–Crippen MR) is 133 cm³/mol. The van der Waals surface area contributed by atoms with Gasteiger partial charge in [0.2, 0.25) is 0 Å². The van der Waals surface area contributed by atoms with Crippen LogP contribution in [-0.2, 0) is 11.3 Å². The van der Waals surface area contributed by atoms with Crippen LogP contribution in [0.5, 0.6) is 0 Å². The lowest BCUT2D eigenvalue weighted by molar-refractivity contribution is 0.119. The minimum atomic E-state index is 0.447. The summed E-state index contributed by atoms with van der Waals surface area (Å²) in [6, 6.07) is 4.42. The molecule has 2 aliphatic rings. The van der Waals surface area contributed by atoms with Crippen molar-refractivity contribution in [2.45, 2.75) is 32.4 Å². The number of likely N-dealkylation sites (tertiary alicyclic amines) is 1. The maximum Gasteiger partial charge on any atom is 0.115 e. The van der Waals surface area contributed by atoms with Crippen LogP contribution in [0.2, 0.25) is 0 Å². The summed E-state index contributed by atoms with van der Waals surface area (Å²) >= 11 is 0. The van der Waals surface area contributed by atoms with Crippen LogP contribution in [0.15, 0.2) is 60.4 Å². The van der Waals surface area contributed by atoms with Crippen molar-refractivity contribution in [1.29, 1.82) is 0 Å². The number of ether oxygens (including phenoxy) is 1. The van der Waals surface area contributed by atoms with E-state index in [1.807, 2.05) is 29.2 Å². The normalized spacial score (nSPS) is 17.4. The molecule has 9 nitrogen and oxygen atoms in total. The number of nitrogens with zero attached hydrogens (tertiary/aromatic N) is 8. The molecule has 0 radical (unpaired) electrons. The summed E-state index contributed by atoms with van der Waals surface area (Å²) in [6.45, 7) is 7.43. The van der Waals surface area contributed by atoms with Gasteiger partial charge in [0.25, 0.3) is 0 Å². The van der Waals surface area contributed by atoms with E-state index in [1.165, 1.54) is 0 Å². The SMILES string of the molecule is CCn1cc(C2=NCN(c3cnn(C4CCN(CCOC)CC4)c3)C=C2)c(-c2cccnc2)n1. The van der Waals surface area contributed by atoms with Gasteiger partial charge in [-0.2, -0.15) is 10.2 Å². The highest BCUT2D eigenvalue weighted by molar-refractivity contribution is 6.12. The van der Waals surface area contributed by atoms with Gasteiger partial charge < -0.3 is 14.5 Å². The predicted octanol–water partition coefficient (Wildman–Crippen LogP) is 3.23. The van der Waals surface area contributed by atoms with Gasteiger partial charge in [0.15, 0.2) is 0 Å². The van der Waals surface area contributed by atoms with Gasteiger partial charge >= 0.3 is 0 Å². The number of aliphatic imine (C=N–C) groups is 1. The second-order valence-electron chi connectivity index (χ2n) is 8.70. The molecule has 0 aromatic carbocycles. The van der Waals surface area contributed by atoms with Crippen molar-refractivity contribution in [2.24, 2.45) is 4.99 Å². The topological polar surface area (TPSA) is 76.6 Å². The largest absolute Gasteiger partial charge is 0.383 e. The molecule has 5 rings (SSSR count). The lowest BCUT2D eigenvalue weighted by Gasteiger charge is -2.31. The summed E-state index contributed by atoms with van der Waals surface area (Å²) in [5.74, 6) is 0. The molecule has 0 spiro atoms. The van der Waals surface area contributed by atoms with E-state index in [0.29, 0.717) is 12.7 Å². The van der Waals surface area contributed by atoms with E-state index in [4.69, 9.17) is 14.8 Å². The fraction of sp³-hybridized carbons (Fsp3) is 0.440. The molecule has 0 bridgehead atoms. The number of anilines is 1. The number of rotatable bonds is 8. The Balaban J connectivity index is 1.26. The number of aromatic nitrogens is 5. The second kappa shape index (κ2) is 10.3. The van der Waals surface area contributed by atoms with Gasteiger partial charge in [-0.05, 0) is 38.0 Å². The molecule has 0 unspecified atom stereocenters. The van der Waals surface area contributed by atoms with E-state index in [2.05, 4.69) is 56.2 Å². The molecule has 1 saturated heterocycles. The molecule has 3 aromatic rings. The molecule has 5 heterocycles. The highest BCUT2D eigenvalue weighted by Gasteiger charge is 2.22. The molecule has 0 atom stereocenters. The van der Waals surface area contributed by atoms with Crippen LogP contribution >= 0.6 is 0 Å². The summed E-state index contributed by atoms with van der Waals surface area (Å²) in [7, 11) is 1.76. The summed E-state index contributed by atoms with van der Waals surface area (Å²) in [4.78, 5) is 13.7. The zero-order valence-electron chi connectivity index (χ0n) is 19.9. The van der Waals surface area contributed by atoms with E-state index in [0.717, 1.165) is 73.8 Å². The minimum absolute atomic E-state index is 0.447. The highest BCUT2D eigenvalue weighted by atomic mass is 16.5. The molecule has 9 heteroatoms. The number of methoxy groups -OCH3 is 1. The van der Waals surface area contributed by atoms with Crippen molar-refractivity contribution >= 4 is 11.4 Å². The standard InChI is InChI=1S/C25H32N8O/c1-3-32-18-23(25(29-32)20-5-4-9-26-15-20)24-8-12-31(19-27-24)22-16-28-33(17-22)21-6-10-30(11-7-21)13-14-34-2/h4-5,8-9,12,15-18,21H,3,6-7,10-11,13-14,19H2,1-2H3. The third-order valence-corrected chi connectivity index (χ3v) is 6.56. The zero-order chi connectivity index (χ0) is 23.3. The summed E-state index contributed by atoms with van der Waals surface area (Å²) in [5, 5.41) is 9.43. The Bertz CT molecular complexity index is 1140. The van der Waals surface area contributed by atoms with Gasteiger partial charge in [0.05, 0.1) is 30.2 Å². The Morgan fingerprint density at radius 1 is 1.15 bits per heavy atom. The number of hydrogen-bond acceptors (Lipinski definition) is 7. The van der Waals surface area contributed by atoms with Gasteiger partial charge in [0.1, 0.15) is 12.4 Å². The van der Waals surface area contributed by atoms with E-state index >= 15 is 0 Å². The molecule has 0 aliphatic carbocycles. The molecule has 0 amide bonds. The Morgan fingerprint density at radius 3 is 2.74 bits per heavy atom. The Kier molecular flexibility index (Phi) is 6.82. The molecule has 34 heavy (non-hydrogen) atoms. The molecular weight excluding hydrogens is 428 g/mol. The van der Waals surface area contributed by atoms with Crippen molar-refractivity contribution in [2.75, 3.05) is 44.9 Å². The lowest BCUT2D eigenvalue weighted by atomic mass is 10.1. The number of piperidine rings is 1. The number of pyridine rings is 1. The first-order valence-corrected chi connectivity index (χ1v) is 12.0. The molecular formula is C25H32N8O. The van der Waals surface area contributed by atoms with Gasteiger partial charge in [-0.15, -0.1) is 0 Å². The number of hydrogen-bond donors (Lipinski definition) is 0. The summed E-state index contributed by atoms with van der Waals surface area (Å²) in [5.41, 5.74) is 4.94. The third kappa shape index (κ3) is 4.80.